The Kier molecular flexibility index (Phi) is 2.87. The van der Waals surface area contributed by atoms with Gasteiger partial charge < -0.3 is 15.5 Å². The van der Waals surface area contributed by atoms with Gasteiger partial charge >= 0.3 is 0 Å². The van der Waals surface area contributed by atoms with Crippen molar-refractivity contribution in [3.63, 3.8) is 0 Å². The lowest BCUT2D eigenvalue weighted by molar-refractivity contribution is 0.102. The quantitative estimate of drug-likeness (QED) is 0.720. The molecule has 1 aromatic carbocycles. The van der Waals surface area contributed by atoms with E-state index in [4.69, 9.17) is 0 Å². The maximum Gasteiger partial charge on any atom is 0.257 e. The Morgan fingerprint density at radius 2 is 1.82 bits per heavy atom. The highest BCUT2D eigenvalue weighted by Gasteiger charge is 2.09. The molecular weight excluding hydrogens is 222 g/mol. The second-order valence-corrected chi connectivity index (χ2v) is 3.28. The van der Waals surface area contributed by atoms with Crippen molar-refractivity contribution in [2.75, 3.05) is 5.32 Å². The topological polar surface area (TPSA) is 95.3 Å². The molecule has 0 saturated heterocycles. The third kappa shape index (κ3) is 2.69. The molecule has 86 valence electrons. The fourth-order valence-corrected chi connectivity index (χ4v) is 1.28. The van der Waals surface area contributed by atoms with Crippen molar-refractivity contribution in [2.24, 2.45) is 0 Å². The molecule has 1 amide bonds. The predicted molar refractivity (Wildman–Crippen MR) is 59.8 cm³/mol. The molecule has 2 rings (SSSR count). The number of aromatic hydroxyl groups is 2. The van der Waals surface area contributed by atoms with Gasteiger partial charge in [0.05, 0.1) is 6.20 Å². The first-order valence-electron chi connectivity index (χ1n) is 4.75. The van der Waals surface area contributed by atoms with Gasteiger partial charge in [0, 0.05) is 24.0 Å². The number of anilines is 1. The smallest absolute Gasteiger partial charge is 0.257 e. The summed E-state index contributed by atoms with van der Waals surface area (Å²) < 4.78 is 0. The van der Waals surface area contributed by atoms with Crippen molar-refractivity contribution in [1.82, 2.24) is 9.97 Å². The number of rotatable bonds is 2. The second-order valence-electron chi connectivity index (χ2n) is 3.28. The third-order valence-corrected chi connectivity index (χ3v) is 1.97. The molecule has 6 heteroatoms. The van der Waals surface area contributed by atoms with E-state index in [2.05, 4.69) is 15.3 Å². The van der Waals surface area contributed by atoms with Crippen LogP contribution in [0.1, 0.15) is 10.4 Å². The van der Waals surface area contributed by atoms with E-state index in [-0.39, 0.29) is 17.1 Å². The standard InChI is InChI=1S/C11H9N3O3/c15-8-3-7(4-9(16)5-8)11(17)14-10-6-12-1-2-13-10/h1-6,15-16H,(H,13,14,17). The van der Waals surface area contributed by atoms with E-state index in [1.54, 1.807) is 0 Å². The summed E-state index contributed by atoms with van der Waals surface area (Å²) in [4.78, 5) is 19.4. The molecule has 6 nitrogen and oxygen atoms in total. The van der Waals surface area contributed by atoms with Crippen LogP contribution < -0.4 is 5.32 Å². The molecule has 0 bridgehead atoms. The molecule has 0 saturated carbocycles. The Labute approximate surface area is 96.6 Å². The molecule has 17 heavy (non-hydrogen) atoms. The molecule has 0 atom stereocenters. The number of hydrogen-bond donors (Lipinski definition) is 3. The van der Waals surface area contributed by atoms with Crippen LogP contribution in [-0.4, -0.2) is 26.1 Å². The van der Waals surface area contributed by atoms with Crippen molar-refractivity contribution in [1.29, 1.82) is 0 Å². The number of amides is 1. The lowest BCUT2D eigenvalue weighted by Crippen LogP contribution is -2.12. The van der Waals surface area contributed by atoms with Crippen LogP contribution in [0.15, 0.2) is 36.8 Å². The summed E-state index contributed by atoms with van der Waals surface area (Å²) in [6.07, 6.45) is 4.31. The molecule has 0 radical (unpaired) electrons. The fraction of sp³-hybridized carbons (Fsp3) is 0. The summed E-state index contributed by atoms with van der Waals surface area (Å²) in [6.45, 7) is 0. The van der Waals surface area contributed by atoms with E-state index in [0.717, 1.165) is 6.07 Å². The number of benzene rings is 1. The van der Waals surface area contributed by atoms with Crippen molar-refractivity contribution < 1.29 is 15.0 Å². The number of carbonyl (C=O) groups excluding carboxylic acids is 1. The normalized spacial score (nSPS) is 9.88. The van der Waals surface area contributed by atoms with E-state index < -0.39 is 5.91 Å². The number of nitrogens with one attached hydrogen (secondary N) is 1. The summed E-state index contributed by atoms with van der Waals surface area (Å²) in [6, 6.07) is 3.62. The highest BCUT2D eigenvalue weighted by molar-refractivity contribution is 6.04. The average molecular weight is 231 g/mol. The second kappa shape index (κ2) is 4.48. The Hall–Kier alpha value is -2.63. The Balaban J connectivity index is 2.20. The Morgan fingerprint density at radius 3 is 2.41 bits per heavy atom. The molecule has 0 aliphatic rings. The van der Waals surface area contributed by atoms with Crippen LogP contribution in [-0.2, 0) is 0 Å². The zero-order chi connectivity index (χ0) is 12.3. The SMILES string of the molecule is O=C(Nc1cnccn1)c1cc(O)cc(O)c1. The zero-order valence-electron chi connectivity index (χ0n) is 8.66. The van der Waals surface area contributed by atoms with E-state index in [9.17, 15) is 15.0 Å². The summed E-state index contributed by atoms with van der Waals surface area (Å²) in [5, 5.41) is 21.0. The van der Waals surface area contributed by atoms with Crippen molar-refractivity contribution >= 4 is 11.7 Å². The molecule has 1 heterocycles. The highest BCUT2D eigenvalue weighted by Crippen LogP contribution is 2.20. The summed E-state index contributed by atoms with van der Waals surface area (Å²) in [5.74, 6) is -0.569. The van der Waals surface area contributed by atoms with Gasteiger partial charge in [-0.15, -0.1) is 0 Å². The van der Waals surface area contributed by atoms with Crippen LogP contribution in [0.4, 0.5) is 5.82 Å². The molecule has 0 unspecified atom stereocenters. The molecule has 0 spiro atoms. The number of phenols is 2. The largest absolute Gasteiger partial charge is 0.508 e. The van der Waals surface area contributed by atoms with Gasteiger partial charge in [0.1, 0.15) is 11.5 Å². The van der Waals surface area contributed by atoms with Crippen LogP contribution in [0.2, 0.25) is 0 Å². The minimum Gasteiger partial charge on any atom is -0.508 e. The first-order chi connectivity index (χ1) is 8.15. The Bertz CT molecular complexity index is 523. The predicted octanol–water partition coefficient (Wildman–Crippen LogP) is 1.14. The maximum absolute atomic E-state index is 11.7. The van der Waals surface area contributed by atoms with Gasteiger partial charge in [0.25, 0.3) is 5.91 Å². The lowest BCUT2D eigenvalue weighted by atomic mass is 10.2. The number of phenolic OH excluding ortho intramolecular Hbond substituents is 2. The van der Waals surface area contributed by atoms with Crippen LogP contribution in [0, 0.1) is 0 Å². The van der Waals surface area contributed by atoms with Gasteiger partial charge in [-0.25, -0.2) is 4.98 Å². The lowest BCUT2D eigenvalue weighted by Gasteiger charge is -2.04. The molecule has 0 aliphatic carbocycles. The summed E-state index contributed by atoms with van der Waals surface area (Å²) in [5.41, 5.74) is 0.133. The number of nitrogens with zero attached hydrogens (tertiary/aromatic N) is 2. The van der Waals surface area contributed by atoms with Gasteiger partial charge in [-0.2, -0.15) is 0 Å². The van der Waals surface area contributed by atoms with Gasteiger partial charge in [-0.05, 0) is 12.1 Å². The number of carbonyl (C=O) groups is 1. The molecule has 0 fully saturated rings. The minimum atomic E-state index is -0.489. The van der Waals surface area contributed by atoms with E-state index >= 15 is 0 Å². The van der Waals surface area contributed by atoms with Gasteiger partial charge in [0.2, 0.25) is 0 Å². The fourth-order valence-electron chi connectivity index (χ4n) is 1.28. The molecule has 2 aromatic rings. The summed E-state index contributed by atoms with van der Waals surface area (Å²) in [7, 11) is 0. The highest BCUT2D eigenvalue weighted by atomic mass is 16.3. The van der Waals surface area contributed by atoms with Crippen molar-refractivity contribution in [2.45, 2.75) is 0 Å². The van der Waals surface area contributed by atoms with Crippen molar-refractivity contribution in [3.8, 4) is 11.5 Å². The van der Waals surface area contributed by atoms with Gasteiger partial charge in [0.15, 0.2) is 5.82 Å². The van der Waals surface area contributed by atoms with Crippen LogP contribution >= 0.6 is 0 Å². The number of hydrogen-bond acceptors (Lipinski definition) is 5. The Morgan fingerprint density at radius 1 is 1.12 bits per heavy atom. The van der Waals surface area contributed by atoms with Crippen LogP contribution in [0.5, 0.6) is 11.5 Å². The third-order valence-electron chi connectivity index (χ3n) is 1.97. The first-order valence-corrected chi connectivity index (χ1v) is 4.75. The van der Waals surface area contributed by atoms with E-state index in [1.165, 1.54) is 30.7 Å². The average Bonchev–Trinajstić information content (AvgIpc) is 2.29. The van der Waals surface area contributed by atoms with E-state index in [1.807, 2.05) is 0 Å². The molecule has 0 aliphatic heterocycles. The number of aromatic nitrogens is 2. The van der Waals surface area contributed by atoms with Crippen LogP contribution in [0.3, 0.4) is 0 Å². The van der Waals surface area contributed by atoms with Crippen molar-refractivity contribution in [3.05, 3.63) is 42.4 Å². The first kappa shape index (κ1) is 10.9. The molecule has 1 aromatic heterocycles. The molecular formula is C11H9N3O3. The van der Waals surface area contributed by atoms with Gasteiger partial charge in [-0.3, -0.25) is 9.78 Å². The van der Waals surface area contributed by atoms with E-state index in [0.29, 0.717) is 5.82 Å². The maximum atomic E-state index is 11.7. The van der Waals surface area contributed by atoms with Crippen LogP contribution in [0.25, 0.3) is 0 Å². The molecule has 3 N–H and O–H groups in total. The zero-order valence-corrected chi connectivity index (χ0v) is 8.66. The monoisotopic (exact) mass is 231 g/mol. The summed E-state index contributed by atoms with van der Waals surface area (Å²) >= 11 is 0. The van der Waals surface area contributed by atoms with Gasteiger partial charge in [-0.1, -0.05) is 0 Å². The minimum absolute atomic E-state index is 0.133.